The molecule has 0 spiro atoms. The van der Waals surface area contributed by atoms with Crippen molar-refractivity contribution in [3.05, 3.63) is 40.0 Å². The van der Waals surface area contributed by atoms with Crippen molar-refractivity contribution in [1.82, 2.24) is 24.5 Å². The number of hydrogen-bond acceptors (Lipinski definition) is 5. The van der Waals surface area contributed by atoms with E-state index in [-0.39, 0.29) is 6.04 Å². The fourth-order valence-corrected chi connectivity index (χ4v) is 6.31. The molecule has 0 amide bonds. The Morgan fingerprint density at radius 3 is 2.62 bits per heavy atom. The van der Waals surface area contributed by atoms with Gasteiger partial charge in [0.1, 0.15) is 5.69 Å². The molecule has 3 N–H and O–H groups in total. The van der Waals surface area contributed by atoms with Crippen LogP contribution in [0.15, 0.2) is 18.2 Å². The summed E-state index contributed by atoms with van der Waals surface area (Å²) in [4.78, 5) is 0. The van der Waals surface area contributed by atoms with Crippen molar-refractivity contribution in [2.24, 2.45) is 0 Å². The largest absolute Gasteiger partial charge is 0.379 e. The first-order valence-corrected chi connectivity index (χ1v) is 13.9. The number of nitrogens with one attached hydrogen (secondary N) is 2. The van der Waals surface area contributed by atoms with Crippen LogP contribution in [0, 0.1) is 0 Å². The summed E-state index contributed by atoms with van der Waals surface area (Å²) in [5.74, 6) is 0.299. The lowest BCUT2D eigenvalue weighted by atomic mass is 9.84. The number of fused-ring (bicyclic) bond motifs is 1. The standard InChI is InChI=1S/C22H30ClN5O3S.C2H6/c23-20-21(24-25-22(20)18-5-4-15-2-1-3-17(15)14-18)16-6-8-19(9-7-16)26-28(29)32(30)27-10-12-31-13-11-27;1-2/h4-5,14,16,19,26,29H,1-3,6-13H2,(H,24,25);1-2H3. The minimum Gasteiger partial charge on any atom is -0.379 e. The summed E-state index contributed by atoms with van der Waals surface area (Å²) in [5.41, 5.74) is 8.77. The molecular weight excluding hydrogens is 474 g/mol. The number of H-pyrrole nitrogens is 1. The molecule has 10 heteroatoms. The lowest BCUT2D eigenvalue weighted by Crippen LogP contribution is -2.51. The molecule has 1 saturated carbocycles. The summed E-state index contributed by atoms with van der Waals surface area (Å²) in [6.07, 6.45) is 7.06. The Morgan fingerprint density at radius 2 is 1.88 bits per heavy atom. The molecule has 1 saturated heterocycles. The highest BCUT2D eigenvalue weighted by molar-refractivity contribution is 7.79. The van der Waals surface area contributed by atoms with Crippen LogP contribution in [0.5, 0.6) is 0 Å². The topological polar surface area (TPSA) is 93.7 Å². The van der Waals surface area contributed by atoms with Gasteiger partial charge in [0.15, 0.2) is 0 Å². The van der Waals surface area contributed by atoms with E-state index in [1.54, 1.807) is 4.31 Å². The molecule has 0 radical (unpaired) electrons. The number of nitrogens with zero attached hydrogens (tertiary/aromatic N) is 3. The average Bonchev–Trinajstić information content (AvgIpc) is 3.51. The first-order chi connectivity index (χ1) is 16.6. The van der Waals surface area contributed by atoms with Gasteiger partial charge in [-0.2, -0.15) is 5.10 Å². The second-order valence-electron chi connectivity index (χ2n) is 8.86. The average molecular weight is 510 g/mol. The molecule has 2 heterocycles. The van der Waals surface area contributed by atoms with Crippen molar-refractivity contribution >= 4 is 22.8 Å². The number of benzene rings is 1. The Morgan fingerprint density at radius 1 is 1.18 bits per heavy atom. The van der Waals surface area contributed by atoms with Crippen molar-refractivity contribution in [2.45, 2.75) is 70.8 Å². The number of halogens is 1. The lowest BCUT2D eigenvalue weighted by Gasteiger charge is -2.33. The predicted octanol–water partition coefficient (Wildman–Crippen LogP) is 4.38. The van der Waals surface area contributed by atoms with Crippen LogP contribution in [0.2, 0.25) is 5.02 Å². The molecule has 1 aromatic heterocycles. The molecule has 2 fully saturated rings. The number of aromatic nitrogens is 2. The van der Waals surface area contributed by atoms with Gasteiger partial charge in [-0.15, -0.1) is 0 Å². The number of hydrogen-bond donors (Lipinski definition) is 3. The van der Waals surface area contributed by atoms with E-state index in [0.717, 1.165) is 65.1 Å². The number of aryl methyl sites for hydroxylation is 2. The lowest BCUT2D eigenvalue weighted by molar-refractivity contribution is -0.0622. The zero-order valence-corrected chi connectivity index (χ0v) is 21.6. The predicted molar refractivity (Wildman–Crippen MR) is 135 cm³/mol. The molecule has 5 rings (SSSR count). The second-order valence-corrected chi connectivity index (χ2v) is 10.6. The van der Waals surface area contributed by atoms with Crippen LogP contribution >= 0.6 is 11.6 Å². The quantitative estimate of drug-likeness (QED) is 0.502. The number of rotatable bonds is 6. The summed E-state index contributed by atoms with van der Waals surface area (Å²) in [5, 5.41) is 18.7. The highest BCUT2D eigenvalue weighted by atomic mass is 35.5. The van der Waals surface area contributed by atoms with Crippen molar-refractivity contribution in [3.8, 4) is 11.3 Å². The Bertz CT molecular complexity index is 974. The van der Waals surface area contributed by atoms with E-state index in [1.807, 2.05) is 13.8 Å². The van der Waals surface area contributed by atoms with Gasteiger partial charge < -0.3 is 4.74 Å². The number of morpholine rings is 1. The molecule has 8 nitrogen and oxygen atoms in total. The van der Waals surface area contributed by atoms with Crippen LogP contribution in [-0.2, 0) is 28.8 Å². The second kappa shape index (κ2) is 12.1. The zero-order chi connectivity index (χ0) is 24.1. The maximum Gasteiger partial charge on any atom is 0.212 e. The highest BCUT2D eigenvalue weighted by Crippen LogP contribution is 2.39. The molecule has 1 atom stereocenters. The van der Waals surface area contributed by atoms with Crippen LogP contribution in [0.3, 0.4) is 0 Å². The third-order valence-corrected chi connectivity index (χ3v) is 8.46. The van der Waals surface area contributed by atoms with Crippen molar-refractivity contribution < 1.29 is 14.2 Å². The Kier molecular flexibility index (Phi) is 9.15. The smallest absolute Gasteiger partial charge is 0.212 e. The molecular formula is C24H36ClN5O3S. The molecule has 2 aliphatic carbocycles. The molecule has 0 bridgehead atoms. The molecule has 34 heavy (non-hydrogen) atoms. The maximum atomic E-state index is 12.5. The molecule has 188 valence electrons. The van der Waals surface area contributed by atoms with E-state index in [1.165, 1.54) is 17.5 Å². The monoisotopic (exact) mass is 509 g/mol. The van der Waals surface area contributed by atoms with Gasteiger partial charge in [0.25, 0.3) is 0 Å². The van der Waals surface area contributed by atoms with E-state index in [4.69, 9.17) is 16.3 Å². The summed E-state index contributed by atoms with van der Waals surface area (Å²) in [7, 11) is 0. The van der Waals surface area contributed by atoms with Crippen molar-refractivity contribution in [3.63, 3.8) is 0 Å². The van der Waals surface area contributed by atoms with E-state index in [0.29, 0.717) is 32.2 Å². The van der Waals surface area contributed by atoms with Crippen molar-refractivity contribution in [2.75, 3.05) is 26.3 Å². The minimum atomic E-state index is -1.63. The van der Waals surface area contributed by atoms with Gasteiger partial charge in [0.05, 0.1) is 23.9 Å². The number of ether oxygens (including phenoxy) is 1. The maximum absolute atomic E-state index is 12.5. The summed E-state index contributed by atoms with van der Waals surface area (Å²) in [6, 6.07) is 6.64. The van der Waals surface area contributed by atoms with E-state index < -0.39 is 11.2 Å². The van der Waals surface area contributed by atoms with E-state index in [9.17, 15) is 9.42 Å². The minimum absolute atomic E-state index is 0.0686. The number of aromatic amines is 1. The zero-order valence-electron chi connectivity index (χ0n) is 20.1. The van der Waals surface area contributed by atoms with Gasteiger partial charge in [-0.05, 0) is 66.7 Å². The summed E-state index contributed by atoms with van der Waals surface area (Å²) < 4.78 is 20.2. The Hall–Kier alpha value is -1.33. The van der Waals surface area contributed by atoms with Gasteiger partial charge in [-0.25, -0.2) is 13.9 Å². The van der Waals surface area contributed by atoms with Crippen molar-refractivity contribution in [1.29, 1.82) is 0 Å². The van der Waals surface area contributed by atoms with Gasteiger partial charge in [0, 0.05) is 30.6 Å². The molecule has 2 aromatic rings. The normalized spacial score (nSPS) is 23.9. The van der Waals surface area contributed by atoms with Gasteiger partial charge in [0.2, 0.25) is 11.2 Å². The Labute approximate surface area is 209 Å². The number of hydrazine groups is 1. The van der Waals surface area contributed by atoms with Gasteiger partial charge in [-0.1, -0.05) is 37.6 Å². The SMILES string of the molecule is CC.O=S(N1CCOCC1)N(O)NC1CCC(c2[nH]nc(-c3ccc4c(c3)CCC4)c2Cl)CC1. The molecule has 1 unspecified atom stereocenters. The van der Waals surface area contributed by atoms with Crippen LogP contribution in [-0.4, -0.2) is 60.8 Å². The van der Waals surface area contributed by atoms with Crippen LogP contribution < -0.4 is 5.43 Å². The first kappa shape index (κ1) is 25.8. The Balaban J connectivity index is 0.00000133. The fourth-order valence-electron chi connectivity index (χ4n) is 5.05. The summed E-state index contributed by atoms with van der Waals surface area (Å²) in [6.45, 7) is 6.15. The third kappa shape index (κ3) is 5.73. The van der Waals surface area contributed by atoms with E-state index >= 15 is 0 Å². The van der Waals surface area contributed by atoms with Crippen LogP contribution in [0.25, 0.3) is 11.3 Å². The summed E-state index contributed by atoms with van der Waals surface area (Å²) >= 11 is 5.15. The van der Waals surface area contributed by atoms with Gasteiger partial charge >= 0.3 is 0 Å². The van der Waals surface area contributed by atoms with E-state index in [2.05, 4.69) is 33.8 Å². The van der Waals surface area contributed by atoms with Crippen LogP contribution in [0.1, 0.15) is 68.7 Å². The fraction of sp³-hybridized carbons (Fsp3) is 0.625. The molecule has 3 aliphatic rings. The highest BCUT2D eigenvalue weighted by Gasteiger charge is 2.30. The van der Waals surface area contributed by atoms with Crippen LogP contribution in [0.4, 0.5) is 0 Å². The first-order valence-electron chi connectivity index (χ1n) is 12.5. The molecule has 1 aromatic carbocycles. The van der Waals surface area contributed by atoms with Gasteiger partial charge in [-0.3, -0.25) is 10.3 Å². The third-order valence-electron chi connectivity index (χ3n) is 6.87. The molecule has 1 aliphatic heterocycles.